The van der Waals surface area contributed by atoms with Gasteiger partial charge in [-0.05, 0) is 25.7 Å². The van der Waals surface area contributed by atoms with E-state index < -0.39 is 0 Å². The van der Waals surface area contributed by atoms with Crippen LogP contribution in [0.25, 0.3) is 0 Å². The smallest absolute Gasteiger partial charge is 0.316 e. The molecule has 1 saturated heterocycles. The lowest BCUT2D eigenvalue weighted by Crippen LogP contribution is -2.42. The minimum Gasteiger partial charge on any atom is -0.494 e. The quantitative estimate of drug-likeness (QED) is 0.827. The Morgan fingerprint density at radius 1 is 1.04 bits per heavy atom. The summed E-state index contributed by atoms with van der Waals surface area (Å²) in [5.74, 6) is 2.24. The molecule has 132 valence electrons. The van der Waals surface area contributed by atoms with Crippen molar-refractivity contribution in [2.75, 3.05) is 25.1 Å². The Morgan fingerprint density at radius 2 is 1.88 bits per heavy atom. The normalized spacial score (nSPS) is 20.8. The lowest BCUT2D eigenvalue weighted by atomic mass is 9.83. The molecular formula is C18H23N5O2. The van der Waals surface area contributed by atoms with Gasteiger partial charge in [-0.25, -0.2) is 9.97 Å². The molecule has 0 radical (unpaired) electrons. The molecular weight excluding hydrogens is 318 g/mol. The molecule has 0 aromatic carbocycles. The number of methoxy groups -OCH3 is 1. The molecule has 1 aliphatic carbocycles. The molecule has 0 N–H and O–H groups in total. The van der Waals surface area contributed by atoms with Crippen molar-refractivity contribution < 1.29 is 9.47 Å². The fourth-order valence-corrected chi connectivity index (χ4v) is 3.32. The number of rotatable bonds is 5. The van der Waals surface area contributed by atoms with Crippen LogP contribution >= 0.6 is 0 Å². The Labute approximate surface area is 147 Å². The highest BCUT2D eigenvalue weighted by molar-refractivity contribution is 5.40. The Morgan fingerprint density at radius 3 is 2.60 bits per heavy atom. The monoisotopic (exact) mass is 341 g/mol. The van der Waals surface area contributed by atoms with Crippen molar-refractivity contribution in [3.05, 3.63) is 30.5 Å². The summed E-state index contributed by atoms with van der Waals surface area (Å²) in [6.07, 6.45) is 10.9. The molecule has 1 aliphatic heterocycles. The number of hydrogen-bond acceptors (Lipinski definition) is 7. The van der Waals surface area contributed by atoms with Gasteiger partial charge in [0.25, 0.3) is 0 Å². The first kappa shape index (κ1) is 16.1. The zero-order chi connectivity index (χ0) is 17.1. The molecule has 2 aliphatic rings. The highest BCUT2D eigenvalue weighted by Crippen LogP contribution is 2.36. The van der Waals surface area contributed by atoms with Gasteiger partial charge in [0.15, 0.2) is 5.75 Å². The van der Waals surface area contributed by atoms with Crippen LogP contribution in [-0.2, 0) is 0 Å². The highest BCUT2D eigenvalue weighted by atomic mass is 16.5. The standard InChI is InChI=1S/C18H23N5O2/c1-24-15-9-19-18(20-10-15)25-14-6-3-7-23(11-14)17-8-16(21-12-22-17)13-4-2-5-13/h8-10,12-14H,2-7,11H2,1H3. The van der Waals surface area contributed by atoms with Crippen LogP contribution in [0.5, 0.6) is 11.8 Å². The highest BCUT2D eigenvalue weighted by Gasteiger charge is 2.25. The molecule has 4 rings (SSSR count). The molecule has 0 amide bonds. The van der Waals surface area contributed by atoms with E-state index in [9.17, 15) is 0 Å². The Bertz CT molecular complexity index is 705. The predicted molar refractivity (Wildman–Crippen MR) is 93.1 cm³/mol. The molecule has 1 saturated carbocycles. The first-order chi connectivity index (χ1) is 12.3. The van der Waals surface area contributed by atoms with E-state index in [1.807, 2.05) is 0 Å². The third-order valence-corrected chi connectivity index (χ3v) is 5.01. The van der Waals surface area contributed by atoms with Crippen LogP contribution in [0.4, 0.5) is 5.82 Å². The fourth-order valence-electron chi connectivity index (χ4n) is 3.32. The number of hydrogen-bond donors (Lipinski definition) is 0. The summed E-state index contributed by atoms with van der Waals surface area (Å²) in [6.45, 7) is 1.78. The maximum Gasteiger partial charge on any atom is 0.316 e. The zero-order valence-electron chi connectivity index (χ0n) is 14.5. The molecule has 2 aromatic rings. The van der Waals surface area contributed by atoms with Gasteiger partial charge < -0.3 is 14.4 Å². The molecule has 0 spiro atoms. The maximum atomic E-state index is 5.95. The van der Waals surface area contributed by atoms with Crippen LogP contribution < -0.4 is 14.4 Å². The van der Waals surface area contributed by atoms with Gasteiger partial charge in [0.1, 0.15) is 18.2 Å². The minimum absolute atomic E-state index is 0.0595. The second-order valence-electron chi connectivity index (χ2n) is 6.66. The van der Waals surface area contributed by atoms with E-state index >= 15 is 0 Å². The van der Waals surface area contributed by atoms with Crippen molar-refractivity contribution in [1.82, 2.24) is 19.9 Å². The molecule has 3 heterocycles. The fraction of sp³-hybridized carbons (Fsp3) is 0.556. The summed E-state index contributed by atoms with van der Waals surface area (Å²) < 4.78 is 11.0. The predicted octanol–water partition coefficient (Wildman–Crippen LogP) is 2.59. The van der Waals surface area contributed by atoms with Crippen molar-refractivity contribution in [3.8, 4) is 11.8 Å². The van der Waals surface area contributed by atoms with Crippen LogP contribution in [0.3, 0.4) is 0 Å². The van der Waals surface area contributed by atoms with E-state index in [1.165, 1.54) is 25.0 Å². The average molecular weight is 341 g/mol. The van der Waals surface area contributed by atoms with E-state index in [1.54, 1.807) is 25.8 Å². The third kappa shape index (κ3) is 3.65. The first-order valence-electron chi connectivity index (χ1n) is 8.91. The maximum absolute atomic E-state index is 5.95. The molecule has 7 heteroatoms. The van der Waals surface area contributed by atoms with Gasteiger partial charge in [0.05, 0.1) is 26.0 Å². The number of anilines is 1. The Balaban J connectivity index is 1.41. The second kappa shape index (κ2) is 7.21. The van der Waals surface area contributed by atoms with Crippen LogP contribution in [0, 0.1) is 0 Å². The molecule has 2 aromatic heterocycles. The summed E-state index contributed by atoms with van der Waals surface area (Å²) in [5, 5.41) is 0. The third-order valence-electron chi connectivity index (χ3n) is 5.01. The molecule has 25 heavy (non-hydrogen) atoms. The summed E-state index contributed by atoms with van der Waals surface area (Å²) in [4.78, 5) is 19.6. The van der Waals surface area contributed by atoms with Gasteiger partial charge in [-0.3, -0.25) is 0 Å². The van der Waals surface area contributed by atoms with Crippen molar-refractivity contribution >= 4 is 5.82 Å². The van der Waals surface area contributed by atoms with Crippen molar-refractivity contribution in [2.45, 2.75) is 44.1 Å². The second-order valence-corrected chi connectivity index (χ2v) is 6.66. The summed E-state index contributed by atoms with van der Waals surface area (Å²) in [5.41, 5.74) is 1.18. The topological polar surface area (TPSA) is 73.3 Å². The van der Waals surface area contributed by atoms with Gasteiger partial charge in [-0.1, -0.05) is 6.42 Å². The SMILES string of the molecule is COc1cnc(OC2CCCN(c3cc(C4CCC4)ncn3)C2)nc1. The summed E-state index contributed by atoms with van der Waals surface area (Å²) in [7, 11) is 1.60. The lowest BCUT2D eigenvalue weighted by Gasteiger charge is -2.33. The van der Waals surface area contributed by atoms with Gasteiger partial charge in [0.2, 0.25) is 0 Å². The summed E-state index contributed by atoms with van der Waals surface area (Å²) in [6, 6.07) is 2.54. The summed E-state index contributed by atoms with van der Waals surface area (Å²) >= 11 is 0. The molecule has 1 atom stereocenters. The Hall–Kier alpha value is -2.44. The van der Waals surface area contributed by atoms with Crippen LogP contribution in [0.1, 0.15) is 43.7 Å². The number of nitrogens with zero attached hydrogens (tertiary/aromatic N) is 5. The largest absolute Gasteiger partial charge is 0.494 e. The van der Waals surface area contributed by atoms with E-state index in [4.69, 9.17) is 9.47 Å². The number of piperidine rings is 1. The van der Waals surface area contributed by atoms with E-state index in [0.29, 0.717) is 17.7 Å². The van der Waals surface area contributed by atoms with Crippen LogP contribution in [0.2, 0.25) is 0 Å². The van der Waals surface area contributed by atoms with Crippen LogP contribution in [-0.4, -0.2) is 46.2 Å². The molecule has 7 nitrogen and oxygen atoms in total. The van der Waals surface area contributed by atoms with Gasteiger partial charge in [0, 0.05) is 24.2 Å². The van der Waals surface area contributed by atoms with E-state index in [2.05, 4.69) is 30.9 Å². The van der Waals surface area contributed by atoms with Crippen molar-refractivity contribution in [1.29, 1.82) is 0 Å². The molecule has 2 fully saturated rings. The van der Waals surface area contributed by atoms with Gasteiger partial charge in [-0.2, -0.15) is 9.97 Å². The Kier molecular flexibility index (Phi) is 4.63. The van der Waals surface area contributed by atoms with Crippen LogP contribution in [0.15, 0.2) is 24.8 Å². The number of ether oxygens (including phenoxy) is 2. The first-order valence-corrected chi connectivity index (χ1v) is 8.91. The van der Waals surface area contributed by atoms with Gasteiger partial charge in [-0.15, -0.1) is 0 Å². The number of aromatic nitrogens is 4. The van der Waals surface area contributed by atoms with Crippen molar-refractivity contribution in [3.63, 3.8) is 0 Å². The van der Waals surface area contributed by atoms with Crippen molar-refractivity contribution in [2.24, 2.45) is 0 Å². The molecule has 0 bridgehead atoms. The van der Waals surface area contributed by atoms with E-state index in [-0.39, 0.29) is 6.10 Å². The minimum atomic E-state index is 0.0595. The van der Waals surface area contributed by atoms with Gasteiger partial charge >= 0.3 is 6.01 Å². The zero-order valence-corrected chi connectivity index (χ0v) is 14.5. The average Bonchev–Trinajstić information content (AvgIpc) is 2.61. The lowest BCUT2D eigenvalue weighted by molar-refractivity contribution is 0.163. The van der Waals surface area contributed by atoms with E-state index in [0.717, 1.165) is 31.7 Å². The molecule has 1 unspecified atom stereocenters.